The smallest absolute Gasteiger partial charge is 0.0224 e. The van der Waals surface area contributed by atoms with Crippen molar-refractivity contribution in [2.45, 2.75) is 13.8 Å². The maximum Gasteiger partial charge on any atom is 0.0224 e. The van der Waals surface area contributed by atoms with Gasteiger partial charge in [-0.3, -0.25) is 0 Å². The highest BCUT2D eigenvalue weighted by Crippen LogP contribution is 2.05. The highest BCUT2D eigenvalue weighted by Gasteiger charge is 1.96. The van der Waals surface area contributed by atoms with E-state index in [1.165, 1.54) is 11.1 Å². The molecule has 0 N–H and O–H groups in total. The fourth-order valence-corrected chi connectivity index (χ4v) is 0.711. The first-order valence-electron chi connectivity index (χ1n) is 4.03. The predicted octanol–water partition coefficient (Wildman–Crippen LogP) is 2.87. The van der Waals surface area contributed by atoms with Crippen LogP contribution in [0.5, 0.6) is 0 Å². The van der Waals surface area contributed by atoms with E-state index >= 15 is 0 Å². The van der Waals surface area contributed by atoms with Crippen LogP contribution in [-0.2, 0) is 0 Å². The van der Waals surface area contributed by atoms with Crippen LogP contribution in [0.2, 0.25) is 0 Å². The van der Waals surface area contributed by atoms with E-state index in [1.807, 2.05) is 21.0 Å². The highest BCUT2D eigenvalue weighted by atomic mass is 15.0. The maximum atomic E-state index is 3.96. The summed E-state index contributed by atoms with van der Waals surface area (Å²) in [5.41, 5.74) is 2.49. The molecule has 0 radical (unpaired) electrons. The average molecular weight is 167 g/mol. The van der Waals surface area contributed by atoms with Crippen molar-refractivity contribution in [1.82, 2.24) is 4.90 Å². The van der Waals surface area contributed by atoms with E-state index in [0.29, 0.717) is 0 Å². The van der Waals surface area contributed by atoms with Gasteiger partial charge >= 0.3 is 0 Å². The van der Waals surface area contributed by atoms with E-state index in [9.17, 15) is 0 Å². The summed E-state index contributed by atoms with van der Waals surface area (Å²) in [7, 11) is 4.10. The molecule has 0 bridgehead atoms. The molecule has 0 spiro atoms. The van der Waals surface area contributed by atoms with E-state index in [2.05, 4.69) is 37.6 Å². The van der Waals surface area contributed by atoms with Crippen LogP contribution < -0.4 is 0 Å². The minimum Gasteiger partial charge on any atom is -0.305 e. The quantitative estimate of drug-likeness (QED) is 0.461. The van der Waals surface area contributed by atoms with Crippen molar-refractivity contribution in [2.24, 2.45) is 0 Å². The summed E-state index contributed by atoms with van der Waals surface area (Å²) in [6.07, 6.45) is 2.09. The van der Waals surface area contributed by atoms with Gasteiger partial charge in [0.05, 0.1) is 0 Å². The number of likely N-dealkylation sites (N-methyl/N-ethyl adjacent to an activating group) is 1. The van der Waals surface area contributed by atoms with Gasteiger partial charge in [0.1, 0.15) is 0 Å². The van der Waals surface area contributed by atoms with Crippen molar-refractivity contribution < 1.29 is 0 Å². The van der Waals surface area contributed by atoms with E-state index < -0.39 is 0 Å². The van der Waals surface area contributed by atoms with Gasteiger partial charge in [-0.2, -0.15) is 0 Å². The van der Waals surface area contributed by atoms with Crippen molar-refractivity contribution in [1.29, 1.82) is 0 Å². The van der Waals surface area contributed by atoms with E-state index in [0.717, 1.165) is 6.54 Å². The molecule has 0 aromatic rings. The summed E-state index contributed by atoms with van der Waals surface area (Å²) in [5.74, 6) is 0. The zero-order chi connectivity index (χ0) is 10.1. The van der Waals surface area contributed by atoms with Crippen LogP contribution in [0.25, 0.3) is 0 Å². The van der Waals surface area contributed by atoms with Crippen LogP contribution in [0.15, 0.2) is 37.0 Å². The van der Waals surface area contributed by atoms with E-state index in [1.54, 1.807) is 0 Å². The van der Waals surface area contributed by atoms with E-state index in [4.69, 9.17) is 0 Å². The lowest BCUT2D eigenvalue weighted by molar-refractivity contribution is 0.447. The Morgan fingerprint density at radius 1 is 1.33 bits per heavy atom. The minimum atomic E-state index is 0.955. The summed E-state index contributed by atoms with van der Waals surface area (Å²) in [5, 5.41) is 0. The number of rotatable bonds is 3. The topological polar surface area (TPSA) is 3.24 Å². The van der Waals surface area contributed by atoms with Crippen molar-refractivity contribution in [3.63, 3.8) is 0 Å². The molecule has 0 aromatic carbocycles. The molecule has 70 valence electrons. The number of allylic oxidation sites excluding steroid dienone is 1. The molecule has 0 heterocycles. The molecule has 1 nitrogen and oxygen atoms in total. The predicted molar refractivity (Wildman–Crippen MR) is 58.4 cm³/mol. The van der Waals surface area contributed by atoms with Crippen molar-refractivity contribution in [3.05, 3.63) is 37.0 Å². The van der Waals surface area contributed by atoms with Gasteiger partial charge in [-0.15, -0.1) is 13.2 Å². The lowest BCUT2D eigenvalue weighted by Crippen LogP contribution is -2.14. The molecule has 0 atom stereocenters. The Hall–Kier alpha value is -0.820. The monoisotopic (exact) mass is 167 g/mol. The Kier molecular flexibility index (Phi) is 9.48. The first-order chi connectivity index (χ1) is 5.57. The second kappa shape index (κ2) is 8.28. The molecule has 0 aromatic heterocycles. The molecule has 0 amide bonds. The summed E-state index contributed by atoms with van der Waals surface area (Å²) in [4.78, 5) is 2.12. The molecule has 0 saturated carbocycles. The second-order valence-electron chi connectivity index (χ2n) is 2.81. The number of hydrogen-bond donors (Lipinski definition) is 0. The fourth-order valence-electron chi connectivity index (χ4n) is 0.711. The van der Waals surface area contributed by atoms with Gasteiger partial charge in [-0.05, 0) is 33.5 Å². The van der Waals surface area contributed by atoms with E-state index in [-0.39, 0.29) is 0 Å². The van der Waals surface area contributed by atoms with Crippen LogP contribution in [0.4, 0.5) is 0 Å². The van der Waals surface area contributed by atoms with Crippen LogP contribution in [0.3, 0.4) is 0 Å². The van der Waals surface area contributed by atoms with Gasteiger partial charge in [0.15, 0.2) is 0 Å². The van der Waals surface area contributed by atoms with Crippen molar-refractivity contribution in [2.75, 3.05) is 20.6 Å². The zero-order valence-corrected chi connectivity index (χ0v) is 8.85. The van der Waals surface area contributed by atoms with Gasteiger partial charge in [-0.1, -0.05) is 18.2 Å². The molecular formula is C11H21N. The van der Waals surface area contributed by atoms with Crippen LogP contribution >= 0.6 is 0 Å². The number of hydrogen-bond acceptors (Lipinski definition) is 1. The molecule has 0 fully saturated rings. The number of nitrogens with zero attached hydrogens (tertiary/aromatic N) is 1. The third-order valence-electron chi connectivity index (χ3n) is 1.50. The summed E-state index contributed by atoms with van der Waals surface area (Å²) >= 11 is 0. The molecular weight excluding hydrogens is 146 g/mol. The molecule has 0 unspecified atom stereocenters. The van der Waals surface area contributed by atoms with Crippen LogP contribution in [0.1, 0.15) is 13.8 Å². The van der Waals surface area contributed by atoms with Gasteiger partial charge in [0, 0.05) is 6.54 Å². The Morgan fingerprint density at radius 2 is 1.75 bits per heavy atom. The Bertz CT molecular complexity index is 154. The average Bonchev–Trinajstić information content (AvgIpc) is 2.05. The molecule has 0 saturated heterocycles. The molecule has 0 aliphatic carbocycles. The first kappa shape index (κ1) is 13.7. The second-order valence-corrected chi connectivity index (χ2v) is 2.81. The van der Waals surface area contributed by atoms with Gasteiger partial charge in [-0.25, -0.2) is 0 Å². The van der Waals surface area contributed by atoms with Crippen LogP contribution in [-0.4, -0.2) is 25.5 Å². The van der Waals surface area contributed by atoms with Gasteiger partial charge in [0.2, 0.25) is 0 Å². The Morgan fingerprint density at radius 3 is 2.00 bits per heavy atom. The lowest BCUT2D eigenvalue weighted by Gasteiger charge is -2.11. The Balaban J connectivity index is 0. The summed E-state index contributed by atoms with van der Waals surface area (Å²) < 4.78 is 0. The third-order valence-corrected chi connectivity index (χ3v) is 1.50. The standard InChI is InChI=1S/C9H17N.C2H4/c1-6-8(2)9(3)7-10(4)5;1-2/h6H,3,7H2,1-2,4-5H3;1-2H2/b8-6-;. The highest BCUT2D eigenvalue weighted by molar-refractivity contribution is 5.26. The third kappa shape index (κ3) is 7.29. The molecule has 0 aliphatic heterocycles. The van der Waals surface area contributed by atoms with Gasteiger partial charge < -0.3 is 4.90 Å². The molecule has 0 aliphatic rings. The SMILES string of the molecule is C=C.C=C(CN(C)C)/C(C)=C\C. The summed E-state index contributed by atoms with van der Waals surface area (Å²) in [6, 6.07) is 0. The minimum absolute atomic E-state index is 0.955. The molecule has 0 rings (SSSR count). The first-order valence-corrected chi connectivity index (χ1v) is 4.03. The normalized spacial score (nSPS) is 10.6. The Labute approximate surface area is 77.1 Å². The van der Waals surface area contributed by atoms with Crippen LogP contribution in [0, 0.1) is 0 Å². The van der Waals surface area contributed by atoms with Crippen molar-refractivity contribution in [3.8, 4) is 0 Å². The van der Waals surface area contributed by atoms with Crippen molar-refractivity contribution >= 4 is 0 Å². The molecule has 1 heteroatoms. The summed E-state index contributed by atoms with van der Waals surface area (Å²) in [6.45, 7) is 15.0. The van der Waals surface area contributed by atoms with Gasteiger partial charge in [0.25, 0.3) is 0 Å². The molecule has 12 heavy (non-hydrogen) atoms. The largest absolute Gasteiger partial charge is 0.305 e. The zero-order valence-electron chi connectivity index (χ0n) is 8.85. The lowest BCUT2D eigenvalue weighted by atomic mass is 10.1. The maximum absolute atomic E-state index is 3.96. The fraction of sp³-hybridized carbons (Fsp3) is 0.455.